The molecule has 0 aliphatic rings. The normalized spacial score (nSPS) is 10.8. The number of hydrogen-bond donors (Lipinski definition) is 1. The largest absolute Gasteiger partial charge is 0.392 e. The molecule has 14 heavy (non-hydrogen) atoms. The highest BCUT2D eigenvalue weighted by atomic mass is 19.1. The predicted octanol–water partition coefficient (Wildman–Crippen LogP) is 2.01. The summed E-state index contributed by atoms with van der Waals surface area (Å²) in [5.74, 6) is -1.39. The molecule has 0 saturated carbocycles. The molecule has 72 valence electrons. The van der Waals surface area contributed by atoms with Crippen molar-refractivity contribution in [1.29, 1.82) is 0 Å². The molecule has 2 aromatic rings. The van der Waals surface area contributed by atoms with Crippen LogP contribution in [0.25, 0.3) is 10.8 Å². The van der Waals surface area contributed by atoms with E-state index in [0.717, 1.165) is 6.07 Å². The number of pyridine rings is 1. The summed E-state index contributed by atoms with van der Waals surface area (Å²) < 4.78 is 26.4. The number of aromatic nitrogens is 1. The third-order valence-corrected chi connectivity index (χ3v) is 2.10. The summed E-state index contributed by atoms with van der Waals surface area (Å²) >= 11 is 0. The molecule has 0 radical (unpaired) electrons. The van der Waals surface area contributed by atoms with Gasteiger partial charge < -0.3 is 5.11 Å². The molecule has 0 aliphatic heterocycles. The zero-order chi connectivity index (χ0) is 10.1. The van der Waals surface area contributed by atoms with E-state index in [9.17, 15) is 8.78 Å². The summed E-state index contributed by atoms with van der Waals surface area (Å²) in [6.45, 7) is -0.464. The monoisotopic (exact) mass is 195 g/mol. The Balaban J connectivity index is 2.90. The van der Waals surface area contributed by atoms with Crippen molar-refractivity contribution in [3.05, 3.63) is 41.7 Å². The van der Waals surface area contributed by atoms with Gasteiger partial charge in [0.15, 0.2) is 0 Å². The van der Waals surface area contributed by atoms with Crippen LogP contribution in [0, 0.1) is 11.6 Å². The quantitative estimate of drug-likeness (QED) is 0.755. The molecule has 1 aromatic heterocycles. The van der Waals surface area contributed by atoms with Gasteiger partial charge in [-0.3, -0.25) is 4.98 Å². The van der Waals surface area contributed by atoms with Gasteiger partial charge in [-0.25, -0.2) is 8.78 Å². The Bertz CT molecular complexity index is 485. The summed E-state index contributed by atoms with van der Waals surface area (Å²) in [6.07, 6.45) is 2.76. The molecule has 1 heterocycles. The minimum Gasteiger partial charge on any atom is -0.392 e. The molecule has 0 bridgehead atoms. The third-order valence-electron chi connectivity index (χ3n) is 2.10. The van der Waals surface area contributed by atoms with E-state index in [1.807, 2.05) is 0 Å². The van der Waals surface area contributed by atoms with Crippen molar-refractivity contribution in [3.8, 4) is 0 Å². The average molecular weight is 195 g/mol. The van der Waals surface area contributed by atoms with Crippen LogP contribution in [-0.2, 0) is 6.61 Å². The molecule has 0 amide bonds. The number of rotatable bonds is 1. The van der Waals surface area contributed by atoms with Crippen molar-refractivity contribution in [2.45, 2.75) is 6.61 Å². The van der Waals surface area contributed by atoms with Gasteiger partial charge in [-0.15, -0.1) is 0 Å². The lowest BCUT2D eigenvalue weighted by Crippen LogP contribution is -1.95. The number of halogens is 2. The third kappa shape index (κ3) is 1.24. The smallest absolute Gasteiger partial charge is 0.134 e. The fraction of sp³-hybridized carbons (Fsp3) is 0.100. The molecule has 0 unspecified atom stereocenters. The molecule has 0 aliphatic carbocycles. The first-order valence-electron chi connectivity index (χ1n) is 4.05. The SMILES string of the molecule is OCc1c(F)cc(F)c2ccncc12. The van der Waals surface area contributed by atoms with E-state index in [-0.39, 0.29) is 10.9 Å². The maximum absolute atomic E-state index is 13.2. The summed E-state index contributed by atoms with van der Waals surface area (Å²) in [5, 5.41) is 9.50. The molecule has 2 nitrogen and oxygen atoms in total. The van der Waals surface area contributed by atoms with Crippen LogP contribution in [0.2, 0.25) is 0 Å². The molecule has 1 N–H and O–H groups in total. The van der Waals surface area contributed by atoms with E-state index in [4.69, 9.17) is 5.11 Å². The van der Waals surface area contributed by atoms with Crippen molar-refractivity contribution >= 4 is 10.8 Å². The maximum atomic E-state index is 13.2. The Morgan fingerprint density at radius 1 is 1.21 bits per heavy atom. The van der Waals surface area contributed by atoms with Crippen molar-refractivity contribution in [2.75, 3.05) is 0 Å². The zero-order valence-corrected chi connectivity index (χ0v) is 7.17. The summed E-state index contributed by atoms with van der Waals surface area (Å²) in [6, 6.07) is 2.22. The van der Waals surface area contributed by atoms with Crippen LogP contribution in [0.1, 0.15) is 5.56 Å². The molecule has 2 rings (SSSR count). The Morgan fingerprint density at radius 3 is 2.71 bits per heavy atom. The Hall–Kier alpha value is -1.55. The number of aliphatic hydroxyl groups is 1. The van der Waals surface area contributed by atoms with Crippen molar-refractivity contribution in [3.63, 3.8) is 0 Å². The van der Waals surface area contributed by atoms with Gasteiger partial charge >= 0.3 is 0 Å². The van der Waals surface area contributed by atoms with Crippen LogP contribution in [0.4, 0.5) is 8.78 Å². The zero-order valence-electron chi connectivity index (χ0n) is 7.17. The lowest BCUT2D eigenvalue weighted by atomic mass is 10.1. The maximum Gasteiger partial charge on any atom is 0.134 e. The molecule has 0 fully saturated rings. The molecule has 4 heteroatoms. The van der Waals surface area contributed by atoms with Gasteiger partial charge in [0.05, 0.1) is 6.61 Å². The van der Waals surface area contributed by atoms with Gasteiger partial charge in [-0.1, -0.05) is 0 Å². The highest BCUT2D eigenvalue weighted by molar-refractivity contribution is 5.85. The van der Waals surface area contributed by atoms with Gasteiger partial charge in [-0.2, -0.15) is 0 Å². The molecular formula is C10H7F2NO. The van der Waals surface area contributed by atoms with Gasteiger partial charge in [0, 0.05) is 34.8 Å². The number of aliphatic hydroxyl groups excluding tert-OH is 1. The topological polar surface area (TPSA) is 33.1 Å². The van der Waals surface area contributed by atoms with Crippen LogP contribution in [0.5, 0.6) is 0 Å². The minimum atomic E-state index is -0.745. The van der Waals surface area contributed by atoms with E-state index >= 15 is 0 Å². The lowest BCUT2D eigenvalue weighted by Gasteiger charge is -2.05. The standard InChI is InChI=1S/C10H7F2NO/c11-9-3-10(12)8(5-14)7-4-13-2-1-6(7)9/h1-4,14H,5H2. The Labute approximate surface area is 78.8 Å². The average Bonchev–Trinajstić information content (AvgIpc) is 2.18. The van der Waals surface area contributed by atoms with Gasteiger partial charge in [0.2, 0.25) is 0 Å². The van der Waals surface area contributed by atoms with Crippen molar-refractivity contribution in [2.24, 2.45) is 0 Å². The highest BCUT2D eigenvalue weighted by Crippen LogP contribution is 2.23. The molecule has 0 atom stereocenters. The van der Waals surface area contributed by atoms with E-state index in [0.29, 0.717) is 5.39 Å². The second-order valence-electron chi connectivity index (χ2n) is 2.90. The van der Waals surface area contributed by atoms with Crippen LogP contribution in [0.3, 0.4) is 0 Å². The van der Waals surface area contributed by atoms with E-state index in [1.54, 1.807) is 0 Å². The van der Waals surface area contributed by atoms with Crippen LogP contribution in [-0.4, -0.2) is 10.1 Å². The van der Waals surface area contributed by atoms with E-state index in [1.165, 1.54) is 18.5 Å². The van der Waals surface area contributed by atoms with Crippen LogP contribution >= 0.6 is 0 Å². The number of fused-ring (bicyclic) bond motifs is 1. The first-order chi connectivity index (χ1) is 6.74. The van der Waals surface area contributed by atoms with Gasteiger partial charge in [0.25, 0.3) is 0 Å². The van der Waals surface area contributed by atoms with Crippen molar-refractivity contribution < 1.29 is 13.9 Å². The van der Waals surface area contributed by atoms with Gasteiger partial charge in [0.1, 0.15) is 11.6 Å². The summed E-state index contributed by atoms with van der Waals surface area (Å²) in [5.41, 5.74) is 0.0782. The van der Waals surface area contributed by atoms with E-state index in [2.05, 4.69) is 4.98 Å². The molecule has 0 spiro atoms. The molecule has 0 saturated heterocycles. The van der Waals surface area contributed by atoms with Crippen LogP contribution < -0.4 is 0 Å². The fourth-order valence-corrected chi connectivity index (χ4v) is 1.41. The Morgan fingerprint density at radius 2 is 2.00 bits per heavy atom. The predicted molar refractivity (Wildman–Crippen MR) is 47.6 cm³/mol. The van der Waals surface area contributed by atoms with Crippen molar-refractivity contribution in [1.82, 2.24) is 4.98 Å². The number of benzene rings is 1. The first kappa shape index (κ1) is 9.02. The van der Waals surface area contributed by atoms with E-state index < -0.39 is 18.2 Å². The number of hydrogen-bond acceptors (Lipinski definition) is 2. The minimum absolute atomic E-state index is 0.0782. The lowest BCUT2D eigenvalue weighted by molar-refractivity contribution is 0.277. The summed E-state index contributed by atoms with van der Waals surface area (Å²) in [7, 11) is 0. The summed E-state index contributed by atoms with van der Waals surface area (Å²) in [4.78, 5) is 3.76. The Kier molecular flexibility index (Phi) is 2.13. The highest BCUT2D eigenvalue weighted by Gasteiger charge is 2.10. The molecular weight excluding hydrogens is 188 g/mol. The number of nitrogens with zero attached hydrogens (tertiary/aromatic N) is 1. The first-order valence-corrected chi connectivity index (χ1v) is 4.05. The second-order valence-corrected chi connectivity index (χ2v) is 2.90. The second kappa shape index (κ2) is 3.31. The fourth-order valence-electron chi connectivity index (χ4n) is 1.41. The van der Waals surface area contributed by atoms with Gasteiger partial charge in [-0.05, 0) is 6.07 Å². The molecule has 1 aromatic carbocycles. The van der Waals surface area contributed by atoms with Crippen LogP contribution in [0.15, 0.2) is 24.5 Å².